The van der Waals surface area contributed by atoms with Crippen LogP contribution in [0.2, 0.25) is 0 Å². The van der Waals surface area contributed by atoms with Gasteiger partial charge in [-0.1, -0.05) is 61.4 Å². The van der Waals surface area contributed by atoms with E-state index in [0.29, 0.717) is 6.04 Å². The highest BCUT2D eigenvalue weighted by atomic mass is 15.0. The highest BCUT2D eigenvalue weighted by Crippen LogP contribution is 2.31. The second-order valence-electron chi connectivity index (χ2n) is 6.06. The van der Waals surface area contributed by atoms with E-state index in [9.17, 15) is 0 Å². The van der Waals surface area contributed by atoms with Crippen molar-refractivity contribution in [2.24, 2.45) is 0 Å². The van der Waals surface area contributed by atoms with E-state index >= 15 is 0 Å². The Bertz CT molecular complexity index is 774. The van der Waals surface area contributed by atoms with E-state index in [2.05, 4.69) is 66.0 Å². The molecule has 1 aliphatic carbocycles. The molecule has 0 spiro atoms. The van der Waals surface area contributed by atoms with Crippen LogP contribution in [0.3, 0.4) is 0 Å². The zero-order valence-corrected chi connectivity index (χ0v) is 12.6. The molecule has 4 rings (SSSR count). The molecule has 0 saturated heterocycles. The van der Waals surface area contributed by atoms with Gasteiger partial charge in [-0.3, -0.25) is 0 Å². The number of rotatable bonds is 3. The van der Waals surface area contributed by atoms with E-state index in [0.717, 1.165) is 11.3 Å². The monoisotopic (exact) mass is 288 g/mol. The van der Waals surface area contributed by atoms with E-state index < -0.39 is 0 Å². The molecule has 22 heavy (non-hydrogen) atoms. The minimum absolute atomic E-state index is 0.581. The van der Waals surface area contributed by atoms with Crippen molar-refractivity contribution in [1.82, 2.24) is 4.98 Å². The average Bonchev–Trinajstić information content (AvgIpc) is 3.08. The number of aromatic nitrogens is 1. The minimum atomic E-state index is 0.581. The fourth-order valence-corrected chi connectivity index (χ4v) is 3.39. The lowest BCUT2D eigenvalue weighted by Gasteiger charge is -2.15. The number of fused-ring (bicyclic) bond motifs is 1. The van der Waals surface area contributed by atoms with Crippen LogP contribution in [0, 0.1) is 0 Å². The number of nitrogens with one attached hydrogen (secondary N) is 1. The van der Waals surface area contributed by atoms with Crippen LogP contribution < -0.4 is 5.32 Å². The Kier molecular flexibility index (Phi) is 3.51. The molecule has 1 N–H and O–H groups in total. The van der Waals surface area contributed by atoms with Gasteiger partial charge < -0.3 is 5.32 Å². The number of hydrogen-bond donors (Lipinski definition) is 1. The number of hydrogen-bond acceptors (Lipinski definition) is 2. The summed E-state index contributed by atoms with van der Waals surface area (Å²) in [7, 11) is 0. The Morgan fingerprint density at radius 3 is 2.41 bits per heavy atom. The molecule has 1 fully saturated rings. The third-order valence-electron chi connectivity index (χ3n) is 4.51. The van der Waals surface area contributed by atoms with Gasteiger partial charge in [0.15, 0.2) is 0 Å². The van der Waals surface area contributed by atoms with Crippen LogP contribution in [-0.4, -0.2) is 11.0 Å². The molecule has 0 aliphatic heterocycles. The molecule has 110 valence electrons. The van der Waals surface area contributed by atoms with E-state index in [1.165, 1.54) is 42.2 Å². The molecule has 2 heteroatoms. The molecule has 0 amide bonds. The summed E-state index contributed by atoms with van der Waals surface area (Å²) in [5.41, 5.74) is 3.56. The van der Waals surface area contributed by atoms with Crippen LogP contribution in [-0.2, 0) is 0 Å². The van der Waals surface area contributed by atoms with E-state index in [-0.39, 0.29) is 0 Å². The standard InChI is InChI=1S/C20H20N2/c1-2-8-15(9-3-1)18-14-20(21-16-10-4-5-11-16)22-19-13-7-6-12-17(18)19/h1-3,6-9,12-14,16H,4-5,10-11H2,(H,21,22). The van der Waals surface area contributed by atoms with Crippen molar-refractivity contribution >= 4 is 16.7 Å². The van der Waals surface area contributed by atoms with Crippen LogP contribution in [0.4, 0.5) is 5.82 Å². The lowest BCUT2D eigenvalue weighted by atomic mass is 10.0. The van der Waals surface area contributed by atoms with Crippen LogP contribution in [0.15, 0.2) is 60.7 Å². The first-order valence-corrected chi connectivity index (χ1v) is 8.12. The summed E-state index contributed by atoms with van der Waals surface area (Å²) < 4.78 is 0. The molecule has 2 nitrogen and oxygen atoms in total. The Morgan fingerprint density at radius 2 is 1.59 bits per heavy atom. The van der Waals surface area contributed by atoms with E-state index in [1.807, 2.05) is 0 Å². The smallest absolute Gasteiger partial charge is 0.127 e. The van der Waals surface area contributed by atoms with Crippen LogP contribution in [0.5, 0.6) is 0 Å². The van der Waals surface area contributed by atoms with E-state index in [1.54, 1.807) is 0 Å². The summed E-state index contributed by atoms with van der Waals surface area (Å²) in [6.07, 6.45) is 5.18. The van der Waals surface area contributed by atoms with Gasteiger partial charge >= 0.3 is 0 Å². The van der Waals surface area contributed by atoms with Gasteiger partial charge in [0.25, 0.3) is 0 Å². The predicted molar refractivity (Wildman–Crippen MR) is 93.1 cm³/mol. The number of para-hydroxylation sites is 1. The quantitative estimate of drug-likeness (QED) is 0.711. The number of anilines is 1. The minimum Gasteiger partial charge on any atom is -0.367 e. The van der Waals surface area contributed by atoms with Gasteiger partial charge in [-0.05, 0) is 36.1 Å². The SMILES string of the molecule is c1ccc(-c2cc(NC3CCCC3)nc3ccccc23)cc1. The zero-order chi connectivity index (χ0) is 14.8. The Morgan fingerprint density at radius 1 is 0.864 bits per heavy atom. The molecule has 0 bridgehead atoms. The van der Waals surface area contributed by atoms with Gasteiger partial charge in [-0.15, -0.1) is 0 Å². The summed E-state index contributed by atoms with van der Waals surface area (Å²) >= 11 is 0. The van der Waals surface area contributed by atoms with E-state index in [4.69, 9.17) is 4.98 Å². The molecule has 0 unspecified atom stereocenters. The molecule has 1 aliphatic rings. The molecule has 0 radical (unpaired) electrons. The van der Waals surface area contributed by atoms with Crippen molar-refractivity contribution in [3.05, 3.63) is 60.7 Å². The number of benzene rings is 2. The zero-order valence-electron chi connectivity index (χ0n) is 12.6. The van der Waals surface area contributed by atoms with Gasteiger partial charge in [0.1, 0.15) is 5.82 Å². The summed E-state index contributed by atoms with van der Waals surface area (Å²) in [6, 6.07) is 21.8. The van der Waals surface area contributed by atoms with Crippen molar-refractivity contribution in [2.75, 3.05) is 5.32 Å². The van der Waals surface area contributed by atoms with Gasteiger partial charge in [-0.25, -0.2) is 4.98 Å². The largest absolute Gasteiger partial charge is 0.367 e. The van der Waals surface area contributed by atoms with Crippen molar-refractivity contribution < 1.29 is 0 Å². The van der Waals surface area contributed by atoms with Gasteiger partial charge in [0.05, 0.1) is 5.52 Å². The third kappa shape index (κ3) is 2.57. The number of nitrogens with zero attached hydrogens (tertiary/aromatic N) is 1. The van der Waals surface area contributed by atoms with Crippen molar-refractivity contribution in [2.45, 2.75) is 31.7 Å². The molecule has 3 aromatic rings. The molecule has 0 atom stereocenters. The molecular formula is C20H20N2. The molecular weight excluding hydrogens is 268 g/mol. The van der Waals surface area contributed by atoms with Crippen molar-refractivity contribution in [3.8, 4) is 11.1 Å². The summed E-state index contributed by atoms with van der Waals surface area (Å²) in [5.74, 6) is 1.00. The normalized spacial score (nSPS) is 15.3. The highest BCUT2D eigenvalue weighted by molar-refractivity contribution is 5.96. The van der Waals surface area contributed by atoms with Crippen LogP contribution in [0.25, 0.3) is 22.0 Å². The first-order chi connectivity index (χ1) is 10.9. The van der Waals surface area contributed by atoms with Crippen LogP contribution >= 0.6 is 0 Å². The van der Waals surface area contributed by atoms with Crippen LogP contribution in [0.1, 0.15) is 25.7 Å². The fourth-order valence-electron chi connectivity index (χ4n) is 3.39. The maximum atomic E-state index is 4.81. The highest BCUT2D eigenvalue weighted by Gasteiger charge is 2.16. The Labute approximate surface area is 131 Å². The van der Waals surface area contributed by atoms with Crippen molar-refractivity contribution in [1.29, 1.82) is 0 Å². The maximum Gasteiger partial charge on any atom is 0.127 e. The van der Waals surface area contributed by atoms with Gasteiger partial charge in [0.2, 0.25) is 0 Å². The summed E-state index contributed by atoms with van der Waals surface area (Å²) in [5, 5.41) is 4.85. The lowest BCUT2D eigenvalue weighted by molar-refractivity contribution is 0.751. The second kappa shape index (κ2) is 5.80. The third-order valence-corrected chi connectivity index (χ3v) is 4.51. The molecule has 1 saturated carbocycles. The first-order valence-electron chi connectivity index (χ1n) is 8.12. The second-order valence-corrected chi connectivity index (χ2v) is 6.06. The first kappa shape index (κ1) is 13.3. The summed E-state index contributed by atoms with van der Waals surface area (Å²) in [4.78, 5) is 4.81. The maximum absolute atomic E-state index is 4.81. The fraction of sp³-hybridized carbons (Fsp3) is 0.250. The van der Waals surface area contributed by atoms with Crippen molar-refractivity contribution in [3.63, 3.8) is 0 Å². The Balaban J connectivity index is 1.82. The van der Waals surface area contributed by atoms with Gasteiger partial charge in [0, 0.05) is 11.4 Å². The predicted octanol–water partition coefficient (Wildman–Crippen LogP) is 5.26. The molecule has 1 aromatic heterocycles. The lowest BCUT2D eigenvalue weighted by Crippen LogP contribution is -2.15. The topological polar surface area (TPSA) is 24.9 Å². The number of pyridine rings is 1. The average molecular weight is 288 g/mol. The van der Waals surface area contributed by atoms with Gasteiger partial charge in [-0.2, -0.15) is 0 Å². The summed E-state index contributed by atoms with van der Waals surface area (Å²) in [6.45, 7) is 0. The molecule has 2 aromatic carbocycles. The molecule has 1 heterocycles. The Hall–Kier alpha value is -2.35.